The fraction of sp³-hybridized carbons (Fsp3) is 0.688. The van der Waals surface area contributed by atoms with Gasteiger partial charge in [-0.2, -0.15) is 4.31 Å². The van der Waals surface area contributed by atoms with Crippen LogP contribution in [0.5, 0.6) is 0 Å². The predicted molar refractivity (Wildman–Crippen MR) is 87.8 cm³/mol. The van der Waals surface area contributed by atoms with Gasteiger partial charge < -0.3 is 9.88 Å². The SMILES string of the molecule is O=C(c1cc(S(=O)(=O)N2CCCCC2)c[nH]1)N1CCCCCC1. The summed E-state index contributed by atoms with van der Waals surface area (Å²) >= 11 is 0. The lowest BCUT2D eigenvalue weighted by molar-refractivity contribution is 0.0756. The van der Waals surface area contributed by atoms with Gasteiger partial charge in [-0.25, -0.2) is 8.42 Å². The molecule has 3 heterocycles. The molecule has 2 fully saturated rings. The number of hydrogen-bond donors (Lipinski definition) is 1. The Morgan fingerprint density at radius 3 is 2.13 bits per heavy atom. The van der Waals surface area contributed by atoms with Crippen molar-refractivity contribution in [3.05, 3.63) is 18.0 Å². The Balaban J connectivity index is 1.75. The lowest BCUT2D eigenvalue weighted by Crippen LogP contribution is -2.35. The van der Waals surface area contributed by atoms with E-state index in [4.69, 9.17) is 0 Å². The Hall–Kier alpha value is -1.34. The van der Waals surface area contributed by atoms with Crippen molar-refractivity contribution in [2.75, 3.05) is 26.2 Å². The van der Waals surface area contributed by atoms with Gasteiger partial charge in [0.05, 0.1) is 0 Å². The molecule has 0 bridgehead atoms. The van der Waals surface area contributed by atoms with Crippen LogP contribution in [0.3, 0.4) is 0 Å². The Kier molecular flexibility index (Phi) is 5.06. The molecule has 0 unspecified atom stereocenters. The second kappa shape index (κ2) is 7.05. The summed E-state index contributed by atoms with van der Waals surface area (Å²) in [5.41, 5.74) is 0.377. The smallest absolute Gasteiger partial charge is 0.270 e. The van der Waals surface area contributed by atoms with Crippen molar-refractivity contribution in [2.45, 2.75) is 49.8 Å². The van der Waals surface area contributed by atoms with Crippen LogP contribution in [0, 0.1) is 0 Å². The predicted octanol–water partition coefficient (Wildman–Crippen LogP) is 2.21. The standard InChI is InChI=1S/C16H25N3O3S/c20-16(18-8-4-1-2-5-9-18)15-12-14(13-17-15)23(21,22)19-10-6-3-7-11-19/h12-13,17H,1-11H2. The molecular weight excluding hydrogens is 314 g/mol. The quantitative estimate of drug-likeness (QED) is 0.917. The van der Waals surface area contributed by atoms with Crippen molar-refractivity contribution in [3.8, 4) is 0 Å². The van der Waals surface area contributed by atoms with Gasteiger partial charge in [-0.15, -0.1) is 0 Å². The number of aromatic amines is 1. The zero-order valence-corrected chi connectivity index (χ0v) is 14.3. The maximum Gasteiger partial charge on any atom is 0.270 e. The minimum absolute atomic E-state index is 0.0907. The summed E-state index contributed by atoms with van der Waals surface area (Å²) in [6.07, 6.45) is 8.70. The Morgan fingerprint density at radius 2 is 1.48 bits per heavy atom. The van der Waals surface area contributed by atoms with Gasteiger partial charge in [-0.1, -0.05) is 19.3 Å². The molecular formula is C16H25N3O3S. The molecule has 0 aromatic carbocycles. The monoisotopic (exact) mass is 339 g/mol. The molecule has 0 radical (unpaired) electrons. The largest absolute Gasteiger partial charge is 0.356 e. The maximum atomic E-state index is 12.6. The third-order valence-corrected chi connectivity index (χ3v) is 6.61. The number of nitrogens with zero attached hydrogens (tertiary/aromatic N) is 2. The number of nitrogens with one attached hydrogen (secondary N) is 1. The van der Waals surface area contributed by atoms with E-state index in [9.17, 15) is 13.2 Å². The third kappa shape index (κ3) is 3.61. The van der Waals surface area contributed by atoms with Crippen LogP contribution >= 0.6 is 0 Å². The van der Waals surface area contributed by atoms with E-state index in [1.165, 1.54) is 16.6 Å². The molecule has 6 nitrogen and oxygen atoms in total. The van der Waals surface area contributed by atoms with Gasteiger partial charge in [-0.05, 0) is 31.7 Å². The summed E-state index contributed by atoms with van der Waals surface area (Å²) in [6.45, 7) is 2.66. The normalized spacial score (nSPS) is 21.1. The lowest BCUT2D eigenvalue weighted by Gasteiger charge is -2.25. The van der Waals surface area contributed by atoms with Gasteiger partial charge in [0.15, 0.2) is 0 Å². The molecule has 1 aromatic heterocycles. The van der Waals surface area contributed by atoms with Crippen LogP contribution in [0.1, 0.15) is 55.4 Å². The van der Waals surface area contributed by atoms with Crippen LogP contribution in [0.25, 0.3) is 0 Å². The van der Waals surface area contributed by atoms with E-state index < -0.39 is 10.0 Å². The first kappa shape index (κ1) is 16.5. The molecule has 1 aromatic rings. The first-order chi connectivity index (χ1) is 11.1. The van der Waals surface area contributed by atoms with E-state index in [2.05, 4.69) is 4.98 Å². The molecule has 3 rings (SSSR count). The number of amides is 1. The molecule has 1 amide bonds. The van der Waals surface area contributed by atoms with Crippen LogP contribution in [0.15, 0.2) is 17.2 Å². The Morgan fingerprint density at radius 1 is 0.913 bits per heavy atom. The van der Waals surface area contributed by atoms with Crippen molar-refractivity contribution in [3.63, 3.8) is 0 Å². The molecule has 0 saturated carbocycles. The van der Waals surface area contributed by atoms with Crippen molar-refractivity contribution >= 4 is 15.9 Å². The average molecular weight is 339 g/mol. The molecule has 2 saturated heterocycles. The van der Waals surface area contributed by atoms with E-state index in [0.717, 1.165) is 58.0 Å². The molecule has 7 heteroatoms. The average Bonchev–Trinajstić information content (AvgIpc) is 2.92. The fourth-order valence-corrected chi connectivity index (χ4v) is 4.86. The Labute approximate surface area is 137 Å². The third-order valence-electron chi connectivity index (χ3n) is 4.73. The zero-order chi connectivity index (χ0) is 16.3. The maximum absolute atomic E-state index is 12.6. The first-order valence-electron chi connectivity index (χ1n) is 8.57. The van der Waals surface area contributed by atoms with Gasteiger partial charge in [0.25, 0.3) is 5.91 Å². The minimum atomic E-state index is -3.48. The number of sulfonamides is 1. The number of piperidine rings is 1. The van der Waals surface area contributed by atoms with Crippen LogP contribution in [-0.4, -0.2) is 54.7 Å². The van der Waals surface area contributed by atoms with Crippen LogP contribution in [0.2, 0.25) is 0 Å². The number of rotatable bonds is 3. The highest BCUT2D eigenvalue weighted by atomic mass is 32.2. The van der Waals surface area contributed by atoms with Crippen molar-refractivity contribution in [2.24, 2.45) is 0 Å². The molecule has 23 heavy (non-hydrogen) atoms. The number of H-pyrrole nitrogens is 1. The van der Waals surface area contributed by atoms with Crippen LogP contribution < -0.4 is 0 Å². The number of hydrogen-bond acceptors (Lipinski definition) is 3. The highest BCUT2D eigenvalue weighted by Crippen LogP contribution is 2.22. The first-order valence-corrected chi connectivity index (χ1v) is 10.0. The molecule has 2 aliphatic heterocycles. The molecule has 0 atom stereocenters. The molecule has 128 valence electrons. The molecule has 2 aliphatic rings. The van der Waals surface area contributed by atoms with Gasteiger partial charge in [0, 0.05) is 32.4 Å². The molecule has 1 N–H and O–H groups in total. The van der Waals surface area contributed by atoms with E-state index in [0.29, 0.717) is 18.8 Å². The fourth-order valence-electron chi connectivity index (χ4n) is 3.35. The van der Waals surface area contributed by atoms with E-state index in [1.807, 2.05) is 4.90 Å². The highest BCUT2D eigenvalue weighted by molar-refractivity contribution is 7.89. The van der Waals surface area contributed by atoms with Gasteiger partial charge in [-0.3, -0.25) is 4.79 Å². The van der Waals surface area contributed by atoms with Crippen molar-refractivity contribution in [1.82, 2.24) is 14.2 Å². The second-order valence-corrected chi connectivity index (χ2v) is 8.36. The summed E-state index contributed by atoms with van der Waals surface area (Å²) in [6, 6.07) is 1.50. The summed E-state index contributed by atoms with van der Waals surface area (Å²) in [5, 5.41) is 0. The second-order valence-electron chi connectivity index (χ2n) is 6.42. The Bertz CT molecular complexity index is 639. The van der Waals surface area contributed by atoms with E-state index >= 15 is 0 Å². The summed E-state index contributed by atoms with van der Waals surface area (Å²) in [7, 11) is -3.48. The summed E-state index contributed by atoms with van der Waals surface area (Å²) in [5.74, 6) is -0.0907. The molecule has 0 aliphatic carbocycles. The summed E-state index contributed by atoms with van der Waals surface area (Å²) in [4.78, 5) is 17.5. The number of aromatic nitrogens is 1. The van der Waals surface area contributed by atoms with E-state index in [-0.39, 0.29) is 10.8 Å². The van der Waals surface area contributed by atoms with Gasteiger partial charge >= 0.3 is 0 Å². The van der Waals surface area contributed by atoms with Gasteiger partial charge in [0.1, 0.15) is 10.6 Å². The van der Waals surface area contributed by atoms with Crippen molar-refractivity contribution in [1.29, 1.82) is 0 Å². The number of likely N-dealkylation sites (tertiary alicyclic amines) is 1. The van der Waals surface area contributed by atoms with Crippen LogP contribution in [0.4, 0.5) is 0 Å². The zero-order valence-electron chi connectivity index (χ0n) is 13.5. The van der Waals surface area contributed by atoms with Gasteiger partial charge in [0.2, 0.25) is 10.0 Å². The number of carbonyl (C=O) groups is 1. The molecule has 0 spiro atoms. The lowest BCUT2D eigenvalue weighted by atomic mass is 10.2. The number of carbonyl (C=O) groups excluding carboxylic acids is 1. The summed E-state index contributed by atoms with van der Waals surface area (Å²) < 4.78 is 26.8. The van der Waals surface area contributed by atoms with Crippen molar-refractivity contribution < 1.29 is 13.2 Å². The highest BCUT2D eigenvalue weighted by Gasteiger charge is 2.28. The minimum Gasteiger partial charge on any atom is -0.356 e. The topological polar surface area (TPSA) is 73.5 Å². The van der Waals surface area contributed by atoms with Crippen LogP contribution in [-0.2, 0) is 10.0 Å². The van der Waals surface area contributed by atoms with E-state index in [1.54, 1.807) is 0 Å².